The van der Waals surface area contributed by atoms with Gasteiger partial charge in [0, 0.05) is 31.2 Å². The molecule has 30 heavy (non-hydrogen) atoms. The summed E-state index contributed by atoms with van der Waals surface area (Å²) in [4.78, 5) is 21.4. The molecule has 0 aliphatic carbocycles. The number of amides is 1. The molecule has 1 saturated heterocycles. The molecule has 1 aromatic heterocycles. The van der Waals surface area contributed by atoms with E-state index in [4.69, 9.17) is 0 Å². The zero-order valence-corrected chi connectivity index (χ0v) is 18.0. The molecule has 1 aliphatic rings. The molecule has 158 valence electrons. The number of carbonyl (C=O) groups is 1. The summed E-state index contributed by atoms with van der Waals surface area (Å²) in [6.45, 7) is 5.83. The van der Waals surface area contributed by atoms with Crippen molar-refractivity contribution in [3.05, 3.63) is 78.4 Å². The van der Waals surface area contributed by atoms with Crippen LogP contribution in [0, 0.1) is 0 Å². The molecule has 1 aliphatic heterocycles. The smallest absolute Gasteiger partial charge is 0.253 e. The third-order valence-corrected chi connectivity index (χ3v) is 5.70. The van der Waals surface area contributed by atoms with Crippen LogP contribution in [0.25, 0.3) is 5.69 Å². The zero-order chi connectivity index (χ0) is 20.1. The topological polar surface area (TPSA) is 54.3 Å². The molecular formula is C23H28ClN5O. The molecule has 7 heteroatoms. The normalized spacial score (nSPS) is 14.5. The second kappa shape index (κ2) is 10.4. The van der Waals surface area contributed by atoms with Gasteiger partial charge in [-0.3, -0.25) is 9.69 Å². The molecule has 0 atom stereocenters. The number of likely N-dealkylation sites (tertiary alicyclic amines) is 1. The van der Waals surface area contributed by atoms with E-state index >= 15 is 0 Å². The van der Waals surface area contributed by atoms with Gasteiger partial charge in [-0.25, -0.2) is 9.67 Å². The van der Waals surface area contributed by atoms with Crippen molar-refractivity contribution in [2.75, 3.05) is 19.6 Å². The number of nitrogens with zero attached hydrogens (tertiary/aromatic N) is 5. The van der Waals surface area contributed by atoms with Crippen LogP contribution in [0.1, 0.15) is 35.7 Å². The molecule has 0 radical (unpaired) electrons. The second-order valence-electron chi connectivity index (χ2n) is 7.46. The fourth-order valence-corrected chi connectivity index (χ4v) is 4.03. The van der Waals surface area contributed by atoms with E-state index in [2.05, 4.69) is 52.2 Å². The number of carbonyl (C=O) groups excluding carboxylic acids is 1. The van der Waals surface area contributed by atoms with E-state index in [1.54, 1.807) is 11.0 Å². The van der Waals surface area contributed by atoms with Gasteiger partial charge in [0.1, 0.15) is 12.7 Å². The maximum absolute atomic E-state index is 12.9. The first kappa shape index (κ1) is 22.0. The van der Waals surface area contributed by atoms with E-state index in [9.17, 15) is 4.79 Å². The summed E-state index contributed by atoms with van der Waals surface area (Å²) < 4.78 is 1.69. The van der Waals surface area contributed by atoms with Crippen LogP contribution in [-0.2, 0) is 6.54 Å². The van der Waals surface area contributed by atoms with Gasteiger partial charge >= 0.3 is 0 Å². The summed E-state index contributed by atoms with van der Waals surface area (Å²) in [6, 6.07) is 18.7. The molecule has 3 aromatic rings. The quantitative estimate of drug-likeness (QED) is 0.602. The molecule has 4 rings (SSSR count). The van der Waals surface area contributed by atoms with Crippen molar-refractivity contribution < 1.29 is 4.79 Å². The number of hydrogen-bond acceptors (Lipinski definition) is 4. The molecule has 0 N–H and O–H groups in total. The summed E-state index contributed by atoms with van der Waals surface area (Å²) >= 11 is 0. The third kappa shape index (κ3) is 5.07. The third-order valence-electron chi connectivity index (χ3n) is 5.70. The Morgan fingerprint density at radius 2 is 1.77 bits per heavy atom. The molecular weight excluding hydrogens is 398 g/mol. The number of benzene rings is 2. The zero-order valence-electron chi connectivity index (χ0n) is 17.2. The summed E-state index contributed by atoms with van der Waals surface area (Å²) in [6.07, 6.45) is 5.18. The number of aromatic nitrogens is 3. The first-order chi connectivity index (χ1) is 14.2. The molecule has 2 heterocycles. The van der Waals surface area contributed by atoms with Gasteiger partial charge in [-0.1, -0.05) is 37.3 Å². The minimum absolute atomic E-state index is 0. The Kier molecular flexibility index (Phi) is 7.60. The summed E-state index contributed by atoms with van der Waals surface area (Å²) in [7, 11) is 0. The Morgan fingerprint density at radius 1 is 1.07 bits per heavy atom. The lowest BCUT2D eigenvalue weighted by Crippen LogP contribution is -2.46. The second-order valence-corrected chi connectivity index (χ2v) is 7.46. The molecule has 1 fully saturated rings. The van der Waals surface area contributed by atoms with Crippen LogP contribution in [0.15, 0.2) is 67.3 Å². The lowest BCUT2D eigenvalue weighted by Gasteiger charge is -2.38. The molecule has 0 spiro atoms. The largest absolute Gasteiger partial charge is 0.339 e. The Balaban J connectivity index is 0.00000256. The van der Waals surface area contributed by atoms with Gasteiger partial charge in [-0.05, 0) is 49.2 Å². The van der Waals surface area contributed by atoms with Crippen LogP contribution in [0.3, 0.4) is 0 Å². The van der Waals surface area contributed by atoms with Gasteiger partial charge in [-0.2, -0.15) is 5.10 Å². The maximum atomic E-state index is 12.9. The lowest BCUT2D eigenvalue weighted by molar-refractivity contribution is 0.0615. The molecule has 1 amide bonds. The van der Waals surface area contributed by atoms with Crippen LogP contribution in [0.2, 0.25) is 0 Å². The van der Waals surface area contributed by atoms with E-state index in [-0.39, 0.29) is 18.3 Å². The molecule has 2 aromatic carbocycles. The average Bonchev–Trinajstić information content (AvgIpc) is 3.33. The van der Waals surface area contributed by atoms with E-state index in [0.29, 0.717) is 6.04 Å². The van der Waals surface area contributed by atoms with Gasteiger partial charge in [0.05, 0.1) is 5.69 Å². The Hall–Kier alpha value is -2.70. The predicted molar refractivity (Wildman–Crippen MR) is 120 cm³/mol. The summed E-state index contributed by atoms with van der Waals surface area (Å²) in [5.41, 5.74) is 2.97. The minimum atomic E-state index is 0. The van der Waals surface area contributed by atoms with Crippen LogP contribution in [0.4, 0.5) is 0 Å². The Labute approximate surface area is 183 Å². The SMILES string of the molecule is CCN(Cc1ccccc1)C1CCN(C(=O)c2ccc(-n3cncn3)cc2)CC1.Cl. The highest BCUT2D eigenvalue weighted by atomic mass is 35.5. The van der Waals surface area contributed by atoms with Crippen molar-refractivity contribution in [2.45, 2.75) is 32.4 Å². The van der Waals surface area contributed by atoms with Crippen molar-refractivity contribution in [1.82, 2.24) is 24.6 Å². The lowest BCUT2D eigenvalue weighted by atomic mass is 10.0. The van der Waals surface area contributed by atoms with E-state index < -0.39 is 0 Å². The highest BCUT2D eigenvalue weighted by Crippen LogP contribution is 2.21. The van der Waals surface area contributed by atoms with Crippen LogP contribution < -0.4 is 0 Å². The molecule has 0 saturated carbocycles. The molecule has 6 nitrogen and oxygen atoms in total. The van der Waals surface area contributed by atoms with Crippen LogP contribution >= 0.6 is 12.4 Å². The van der Waals surface area contributed by atoms with Gasteiger partial charge in [-0.15, -0.1) is 12.4 Å². The first-order valence-corrected chi connectivity index (χ1v) is 10.3. The fraction of sp³-hybridized carbons (Fsp3) is 0.348. The predicted octanol–water partition coefficient (Wildman–Crippen LogP) is 3.82. The maximum Gasteiger partial charge on any atom is 0.253 e. The van der Waals surface area contributed by atoms with Crippen molar-refractivity contribution in [2.24, 2.45) is 0 Å². The Bertz CT molecular complexity index is 907. The number of hydrogen-bond donors (Lipinski definition) is 0. The monoisotopic (exact) mass is 425 g/mol. The first-order valence-electron chi connectivity index (χ1n) is 10.3. The van der Waals surface area contributed by atoms with E-state index in [0.717, 1.165) is 50.3 Å². The number of halogens is 1. The molecule has 0 bridgehead atoms. The number of rotatable bonds is 6. The standard InChI is InChI=1S/C23H27N5O.ClH/c1-2-26(16-19-6-4-3-5-7-19)21-12-14-27(15-13-21)23(29)20-8-10-22(11-9-20)28-18-24-17-25-28;/h3-11,17-18,21H,2,12-16H2,1H3;1H. The minimum Gasteiger partial charge on any atom is -0.339 e. The van der Waals surface area contributed by atoms with E-state index in [1.807, 2.05) is 29.2 Å². The van der Waals surface area contributed by atoms with Crippen molar-refractivity contribution in [3.63, 3.8) is 0 Å². The number of piperidine rings is 1. The van der Waals surface area contributed by atoms with Crippen LogP contribution in [0.5, 0.6) is 0 Å². The van der Waals surface area contributed by atoms with Crippen molar-refractivity contribution in [3.8, 4) is 5.69 Å². The van der Waals surface area contributed by atoms with Crippen molar-refractivity contribution >= 4 is 18.3 Å². The summed E-state index contributed by atoms with van der Waals surface area (Å²) in [5.74, 6) is 0.111. The highest BCUT2D eigenvalue weighted by Gasteiger charge is 2.26. The van der Waals surface area contributed by atoms with Gasteiger partial charge in [0.25, 0.3) is 5.91 Å². The Morgan fingerprint density at radius 3 is 2.37 bits per heavy atom. The van der Waals surface area contributed by atoms with Gasteiger partial charge < -0.3 is 4.90 Å². The summed E-state index contributed by atoms with van der Waals surface area (Å²) in [5, 5.41) is 4.12. The van der Waals surface area contributed by atoms with Crippen molar-refractivity contribution in [1.29, 1.82) is 0 Å². The highest BCUT2D eigenvalue weighted by molar-refractivity contribution is 5.94. The average molecular weight is 426 g/mol. The fourth-order valence-electron chi connectivity index (χ4n) is 4.03. The molecule has 0 unspecified atom stereocenters. The van der Waals surface area contributed by atoms with Crippen LogP contribution in [-0.4, -0.2) is 56.1 Å². The van der Waals surface area contributed by atoms with Gasteiger partial charge in [0.2, 0.25) is 0 Å². The van der Waals surface area contributed by atoms with E-state index in [1.165, 1.54) is 11.9 Å². The van der Waals surface area contributed by atoms with Gasteiger partial charge in [0.15, 0.2) is 0 Å².